The first kappa shape index (κ1) is 17.3. The van der Waals surface area contributed by atoms with Crippen molar-refractivity contribution < 1.29 is 9.53 Å². The van der Waals surface area contributed by atoms with Crippen molar-refractivity contribution in [3.63, 3.8) is 0 Å². The Morgan fingerprint density at radius 1 is 1.26 bits per heavy atom. The topological polar surface area (TPSA) is 42.4 Å². The van der Waals surface area contributed by atoms with Gasteiger partial charge in [0, 0.05) is 37.2 Å². The predicted octanol–water partition coefficient (Wildman–Crippen LogP) is 3.16. The quantitative estimate of drug-likeness (QED) is 0.762. The fourth-order valence-electron chi connectivity index (χ4n) is 4.56. The van der Waals surface area contributed by atoms with Gasteiger partial charge in [-0.15, -0.1) is 4.00 Å². The molecule has 6 heteroatoms. The molecular weight excluding hydrogens is 362 g/mol. The maximum absolute atomic E-state index is 13.1. The van der Waals surface area contributed by atoms with Crippen molar-refractivity contribution in [1.29, 1.82) is 0 Å². The molecule has 140 valence electrons. The molecule has 0 aliphatic carbocycles. The lowest BCUT2D eigenvalue weighted by molar-refractivity contribution is -0.105. The lowest BCUT2D eigenvalue weighted by Gasteiger charge is -2.37. The van der Waals surface area contributed by atoms with Gasteiger partial charge in [0.05, 0.1) is 25.0 Å². The highest BCUT2D eigenvalue weighted by Gasteiger charge is 2.45. The smallest absolute Gasteiger partial charge is 0.369 e. The number of amides is 1. The minimum Gasteiger partial charge on any atom is -0.380 e. The van der Waals surface area contributed by atoms with E-state index >= 15 is 0 Å². The zero-order valence-corrected chi connectivity index (χ0v) is 16.0. The lowest BCUT2D eigenvalue weighted by atomic mass is 9.85. The second kappa shape index (κ2) is 6.38. The fourth-order valence-corrected chi connectivity index (χ4v) is 4.83. The highest BCUT2D eigenvalue weighted by atomic mass is 35.5. The van der Waals surface area contributed by atoms with Gasteiger partial charge in [0.25, 0.3) is 0 Å². The SMILES string of the molecule is O=C1c2ccccc2CC[N+]1(Cl)c1cncc(CN2CCC3(COC3)C2)c1. The van der Waals surface area contributed by atoms with Crippen LogP contribution < -0.4 is 4.00 Å². The average molecular weight is 385 g/mol. The molecule has 5 nitrogen and oxygen atoms in total. The van der Waals surface area contributed by atoms with E-state index in [-0.39, 0.29) is 9.91 Å². The molecule has 2 aromatic rings. The van der Waals surface area contributed by atoms with Gasteiger partial charge in [-0.2, -0.15) is 0 Å². The van der Waals surface area contributed by atoms with E-state index in [1.165, 1.54) is 6.42 Å². The first-order valence-corrected chi connectivity index (χ1v) is 9.87. The van der Waals surface area contributed by atoms with E-state index in [1.807, 2.05) is 36.5 Å². The van der Waals surface area contributed by atoms with Crippen molar-refractivity contribution in [2.24, 2.45) is 5.41 Å². The number of hydrogen-bond donors (Lipinski definition) is 0. The Balaban J connectivity index is 1.38. The summed E-state index contributed by atoms with van der Waals surface area (Å²) in [5.74, 6) is -0.0655. The first-order valence-electron chi connectivity index (χ1n) is 9.53. The van der Waals surface area contributed by atoms with E-state index < -0.39 is 0 Å². The van der Waals surface area contributed by atoms with Crippen molar-refractivity contribution in [2.45, 2.75) is 19.4 Å². The van der Waals surface area contributed by atoms with Gasteiger partial charge in [0.1, 0.15) is 6.54 Å². The second-order valence-corrected chi connectivity index (χ2v) is 8.73. The minimum absolute atomic E-state index is 0.0655. The molecule has 0 radical (unpaired) electrons. The number of rotatable bonds is 3. The molecule has 0 bridgehead atoms. The summed E-state index contributed by atoms with van der Waals surface area (Å²) in [6.07, 6.45) is 5.60. The average Bonchev–Trinajstić information content (AvgIpc) is 3.10. The lowest BCUT2D eigenvalue weighted by Crippen LogP contribution is -2.50. The van der Waals surface area contributed by atoms with Gasteiger partial charge in [-0.25, -0.2) is 4.79 Å². The van der Waals surface area contributed by atoms with Gasteiger partial charge < -0.3 is 4.74 Å². The summed E-state index contributed by atoms with van der Waals surface area (Å²) in [5.41, 5.74) is 4.03. The second-order valence-electron chi connectivity index (χ2n) is 8.16. The molecule has 3 aliphatic heterocycles. The van der Waals surface area contributed by atoms with E-state index in [4.69, 9.17) is 16.5 Å². The number of aromatic nitrogens is 1. The molecule has 27 heavy (non-hydrogen) atoms. The molecule has 1 atom stereocenters. The van der Waals surface area contributed by atoms with Gasteiger partial charge in [0.15, 0.2) is 17.5 Å². The maximum Gasteiger partial charge on any atom is 0.369 e. The summed E-state index contributed by atoms with van der Waals surface area (Å²) in [4.78, 5) is 20.0. The van der Waals surface area contributed by atoms with Crippen LogP contribution in [0.5, 0.6) is 0 Å². The van der Waals surface area contributed by atoms with Crippen molar-refractivity contribution in [2.75, 3.05) is 32.8 Å². The normalized spacial score (nSPS) is 26.8. The molecule has 1 unspecified atom stereocenters. The van der Waals surface area contributed by atoms with Crippen LogP contribution in [0.2, 0.25) is 0 Å². The molecule has 3 aliphatic rings. The molecule has 1 spiro atoms. The molecule has 0 saturated carbocycles. The summed E-state index contributed by atoms with van der Waals surface area (Å²) < 4.78 is 5.19. The number of fused-ring (bicyclic) bond motifs is 1. The Bertz CT molecular complexity index is 899. The number of nitrogens with zero attached hydrogens (tertiary/aromatic N) is 3. The third-order valence-corrected chi connectivity index (χ3v) is 6.71. The molecule has 1 aromatic heterocycles. The number of benzene rings is 1. The third kappa shape index (κ3) is 2.90. The summed E-state index contributed by atoms with van der Waals surface area (Å²) >= 11 is 6.86. The molecular formula is C21H23ClN3O2+. The Morgan fingerprint density at radius 2 is 2.11 bits per heavy atom. The molecule has 0 N–H and O–H groups in total. The number of carbonyl (C=O) groups excluding carboxylic acids is 1. The van der Waals surface area contributed by atoms with Crippen LogP contribution in [-0.4, -0.2) is 48.6 Å². The molecule has 2 saturated heterocycles. The van der Waals surface area contributed by atoms with Crippen LogP contribution in [-0.2, 0) is 17.7 Å². The van der Waals surface area contributed by atoms with Crippen LogP contribution in [0.1, 0.15) is 27.9 Å². The van der Waals surface area contributed by atoms with Crippen molar-refractivity contribution in [1.82, 2.24) is 13.9 Å². The molecule has 5 rings (SSSR count). The number of likely N-dealkylation sites (tertiary alicyclic amines) is 1. The van der Waals surface area contributed by atoms with E-state index in [2.05, 4.69) is 9.88 Å². The minimum atomic E-state index is -0.227. The summed E-state index contributed by atoms with van der Waals surface area (Å²) in [7, 11) is 0. The standard InChI is InChI=1S/C21H23ClN3O2/c22-25(8-5-17-3-1-2-4-19(17)20(25)26)18-9-16(10-23-11-18)12-24-7-6-21(13-24)14-27-15-21/h1-4,9-11H,5-8,12-15H2/q+1. The van der Waals surface area contributed by atoms with E-state index in [1.54, 1.807) is 6.20 Å². The zero-order chi connectivity index (χ0) is 18.5. The van der Waals surface area contributed by atoms with Crippen molar-refractivity contribution in [3.8, 4) is 0 Å². The van der Waals surface area contributed by atoms with E-state index in [0.29, 0.717) is 12.0 Å². The number of carbonyl (C=O) groups is 1. The van der Waals surface area contributed by atoms with Crippen LogP contribution in [0.25, 0.3) is 0 Å². The molecule has 4 heterocycles. The maximum atomic E-state index is 13.1. The molecule has 2 fully saturated rings. The number of pyridine rings is 1. The number of ether oxygens (including phenoxy) is 1. The highest BCUT2D eigenvalue weighted by molar-refractivity contribution is 6.34. The van der Waals surface area contributed by atoms with Gasteiger partial charge in [0.2, 0.25) is 0 Å². The van der Waals surface area contributed by atoms with Crippen LogP contribution in [0, 0.1) is 5.41 Å². The van der Waals surface area contributed by atoms with E-state index in [9.17, 15) is 4.79 Å². The van der Waals surface area contributed by atoms with E-state index in [0.717, 1.165) is 61.6 Å². The van der Waals surface area contributed by atoms with Crippen LogP contribution >= 0.6 is 11.8 Å². The highest BCUT2D eigenvalue weighted by Crippen LogP contribution is 2.38. The molecule has 1 aromatic carbocycles. The predicted molar refractivity (Wildman–Crippen MR) is 104 cm³/mol. The Morgan fingerprint density at radius 3 is 2.89 bits per heavy atom. The monoisotopic (exact) mass is 384 g/mol. The number of hydrogen-bond acceptors (Lipinski definition) is 4. The first-order chi connectivity index (χ1) is 13.1. The third-order valence-electron chi connectivity index (χ3n) is 6.19. The number of halogens is 1. The molecule has 1 amide bonds. The summed E-state index contributed by atoms with van der Waals surface area (Å²) in [5, 5.41) is 0. The van der Waals surface area contributed by atoms with Crippen molar-refractivity contribution in [3.05, 3.63) is 59.4 Å². The fraction of sp³-hybridized carbons (Fsp3) is 0.429. The summed E-state index contributed by atoms with van der Waals surface area (Å²) in [6, 6.07) is 9.79. The van der Waals surface area contributed by atoms with Gasteiger partial charge >= 0.3 is 5.91 Å². The van der Waals surface area contributed by atoms with Crippen LogP contribution in [0.3, 0.4) is 0 Å². The van der Waals surface area contributed by atoms with Gasteiger partial charge in [-0.1, -0.05) is 18.2 Å². The Labute approximate surface area is 164 Å². The van der Waals surface area contributed by atoms with Crippen LogP contribution in [0.4, 0.5) is 5.69 Å². The largest absolute Gasteiger partial charge is 0.380 e. The number of quaternary nitrogens is 1. The zero-order valence-electron chi connectivity index (χ0n) is 15.2. The summed E-state index contributed by atoms with van der Waals surface area (Å²) in [6.45, 7) is 5.32. The van der Waals surface area contributed by atoms with Gasteiger partial charge in [-0.05, 0) is 30.2 Å². The van der Waals surface area contributed by atoms with Gasteiger partial charge in [-0.3, -0.25) is 9.88 Å². The van der Waals surface area contributed by atoms with Crippen molar-refractivity contribution >= 4 is 23.4 Å². The van der Waals surface area contributed by atoms with Crippen LogP contribution in [0.15, 0.2) is 42.7 Å². The Hall–Kier alpha value is -1.79. The Kier molecular flexibility index (Phi) is 4.09.